The molecule has 3 rings (SSSR count). The highest BCUT2D eigenvalue weighted by Gasteiger charge is 2.16. The van der Waals surface area contributed by atoms with Gasteiger partial charge in [0.2, 0.25) is 0 Å². The Morgan fingerprint density at radius 3 is 2.38 bits per heavy atom. The van der Waals surface area contributed by atoms with E-state index < -0.39 is 5.82 Å². The van der Waals surface area contributed by atoms with E-state index in [0.29, 0.717) is 22.4 Å². The fraction of sp³-hybridized carbons (Fsp3) is 0.136. The van der Waals surface area contributed by atoms with Crippen LogP contribution in [0.3, 0.4) is 0 Å². The Kier molecular flexibility index (Phi) is 6.62. The molecule has 4 nitrogen and oxygen atoms in total. The summed E-state index contributed by atoms with van der Waals surface area (Å²) in [7, 11) is 1.50. The second kappa shape index (κ2) is 9.16. The largest absolute Gasteiger partial charge is 0.507 e. The summed E-state index contributed by atoms with van der Waals surface area (Å²) >= 11 is 12.7. The van der Waals surface area contributed by atoms with Crippen LogP contribution in [0.5, 0.6) is 11.5 Å². The number of rotatable bonds is 6. The maximum Gasteiger partial charge on any atom is 0.257 e. The van der Waals surface area contributed by atoms with E-state index in [9.17, 15) is 14.3 Å². The van der Waals surface area contributed by atoms with E-state index in [-0.39, 0.29) is 34.7 Å². The lowest BCUT2D eigenvalue weighted by molar-refractivity contribution is -0.122. The van der Waals surface area contributed by atoms with Gasteiger partial charge in [-0.1, -0.05) is 53.5 Å². The molecule has 0 atom stereocenters. The quantitative estimate of drug-likeness (QED) is 0.559. The molecular formula is C22H18Cl2FNO3. The molecule has 0 spiro atoms. The summed E-state index contributed by atoms with van der Waals surface area (Å²) in [5, 5.41) is 13.2. The molecule has 0 bridgehead atoms. The van der Waals surface area contributed by atoms with Crippen LogP contribution in [-0.2, 0) is 11.2 Å². The average molecular weight is 434 g/mol. The van der Waals surface area contributed by atoms with Gasteiger partial charge in [-0.05, 0) is 34.9 Å². The van der Waals surface area contributed by atoms with Crippen LogP contribution in [0.4, 0.5) is 4.39 Å². The lowest BCUT2D eigenvalue weighted by Gasteiger charge is -2.13. The summed E-state index contributed by atoms with van der Waals surface area (Å²) < 4.78 is 19.9. The van der Waals surface area contributed by atoms with Gasteiger partial charge in [-0.25, -0.2) is 4.39 Å². The first-order valence-electron chi connectivity index (χ1n) is 8.77. The first-order chi connectivity index (χ1) is 13.9. The van der Waals surface area contributed by atoms with Crippen LogP contribution < -0.4 is 10.1 Å². The Balaban J connectivity index is 1.91. The number of amides is 1. The number of halogens is 3. The molecule has 0 aromatic heterocycles. The summed E-state index contributed by atoms with van der Waals surface area (Å²) in [6.07, 6.45) is 0.124. The van der Waals surface area contributed by atoms with Gasteiger partial charge in [0.1, 0.15) is 17.3 Å². The first-order valence-corrected chi connectivity index (χ1v) is 9.52. The van der Waals surface area contributed by atoms with Crippen LogP contribution >= 0.6 is 23.2 Å². The van der Waals surface area contributed by atoms with Gasteiger partial charge in [-0.2, -0.15) is 0 Å². The van der Waals surface area contributed by atoms with Gasteiger partial charge in [0.25, 0.3) is 5.91 Å². The third-order valence-electron chi connectivity index (χ3n) is 4.38. The first kappa shape index (κ1) is 21.0. The molecule has 29 heavy (non-hydrogen) atoms. The van der Waals surface area contributed by atoms with Crippen molar-refractivity contribution in [2.24, 2.45) is 0 Å². The highest BCUT2D eigenvalue weighted by molar-refractivity contribution is 6.36. The van der Waals surface area contributed by atoms with Gasteiger partial charge in [0, 0.05) is 35.1 Å². The monoisotopic (exact) mass is 433 g/mol. The highest BCUT2D eigenvalue weighted by atomic mass is 35.5. The fourth-order valence-corrected chi connectivity index (χ4v) is 3.44. The zero-order valence-corrected chi connectivity index (χ0v) is 17.0. The van der Waals surface area contributed by atoms with E-state index in [4.69, 9.17) is 27.9 Å². The number of carbonyl (C=O) groups is 1. The van der Waals surface area contributed by atoms with E-state index in [0.717, 1.165) is 11.6 Å². The number of phenols is 1. The lowest BCUT2D eigenvalue weighted by atomic mass is 9.97. The smallest absolute Gasteiger partial charge is 0.257 e. The number of aromatic hydroxyl groups is 1. The van der Waals surface area contributed by atoms with Crippen LogP contribution in [0.1, 0.15) is 11.1 Å². The van der Waals surface area contributed by atoms with Crippen LogP contribution in [0, 0.1) is 5.82 Å². The second-order valence-corrected chi connectivity index (χ2v) is 7.15. The number of nitrogens with one attached hydrogen (secondary N) is 1. The number of benzene rings is 3. The predicted molar refractivity (Wildman–Crippen MR) is 112 cm³/mol. The van der Waals surface area contributed by atoms with E-state index >= 15 is 0 Å². The number of ether oxygens (including phenoxy) is 1. The Morgan fingerprint density at radius 1 is 1.10 bits per heavy atom. The van der Waals surface area contributed by atoms with Crippen LogP contribution in [0.15, 0.2) is 54.6 Å². The number of carbonyl (C=O) groups excluding carboxylic acids is 1. The molecule has 0 radical (unpaired) electrons. The topological polar surface area (TPSA) is 58.6 Å². The van der Waals surface area contributed by atoms with Crippen LogP contribution in [0.2, 0.25) is 10.0 Å². The molecule has 0 aliphatic rings. The molecule has 7 heteroatoms. The molecule has 2 N–H and O–H groups in total. The molecule has 0 saturated carbocycles. The summed E-state index contributed by atoms with van der Waals surface area (Å²) in [6, 6.07) is 14.9. The van der Waals surface area contributed by atoms with Crippen LogP contribution in [0.25, 0.3) is 11.1 Å². The van der Waals surface area contributed by atoms with E-state index in [1.54, 1.807) is 6.07 Å². The van der Waals surface area contributed by atoms with Crippen molar-refractivity contribution < 1.29 is 19.0 Å². The molecule has 1 amide bonds. The van der Waals surface area contributed by atoms with Crippen molar-refractivity contribution in [3.05, 3.63) is 81.6 Å². The number of hydrogen-bond acceptors (Lipinski definition) is 3. The lowest BCUT2D eigenvalue weighted by Crippen LogP contribution is -2.24. The third-order valence-corrected chi connectivity index (χ3v) is 5.05. The van der Waals surface area contributed by atoms with Gasteiger partial charge in [-0.15, -0.1) is 0 Å². The minimum atomic E-state index is -0.561. The number of phenolic OH excluding ortho intramolecular Hbond substituents is 1. The Morgan fingerprint density at radius 2 is 1.76 bits per heavy atom. The second-order valence-electron chi connectivity index (χ2n) is 6.33. The van der Waals surface area contributed by atoms with Crippen LogP contribution in [-0.4, -0.2) is 24.7 Å². The van der Waals surface area contributed by atoms with Gasteiger partial charge in [0.15, 0.2) is 6.61 Å². The molecule has 0 aliphatic heterocycles. The summed E-state index contributed by atoms with van der Waals surface area (Å²) in [6.45, 7) is -0.171. The van der Waals surface area contributed by atoms with E-state index in [2.05, 4.69) is 5.32 Å². The summed E-state index contributed by atoms with van der Waals surface area (Å²) in [5.74, 6) is -0.661. The molecule has 0 saturated heterocycles. The maximum absolute atomic E-state index is 14.5. The van der Waals surface area contributed by atoms with Gasteiger partial charge in [0.05, 0.1) is 0 Å². The minimum absolute atomic E-state index is 0.124. The van der Waals surface area contributed by atoms with Gasteiger partial charge >= 0.3 is 0 Å². The Bertz CT molecular complexity index is 1020. The fourth-order valence-electron chi connectivity index (χ4n) is 2.84. The molecule has 3 aromatic rings. The normalized spacial score (nSPS) is 10.6. The van der Waals surface area contributed by atoms with E-state index in [1.807, 2.05) is 30.3 Å². The molecule has 3 aromatic carbocycles. The van der Waals surface area contributed by atoms with Crippen molar-refractivity contribution in [2.45, 2.75) is 6.42 Å². The number of hydrogen-bond donors (Lipinski definition) is 2. The zero-order chi connectivity index (χ0) is 21.0. The van der Waals surface area contributed by atoms with E-state index in [1.165, 1.54) is 19.2 Å². The standard InChI is InChI=1S/C22H18Cl2FNO3/c1-26-22(28)12-29-15-9-18(23)17(19(24)10-15)8-14-7-16(21(27)11-20(14)25)13-5-3-2-4-6-13/h2-7,9-11,27H,8,12H2,1H3,(H,26,28). The molecule has 0 fully saturated rings. The average Bonchev–Trinajstić information content (AvgIpc) is 2.70. The van der Waals surface area contributed by atoms with Crippen molar-refractivity contribution in [1.82, 2.24) is 5.32 Å². The highest BCUT2D eigenvalue weighted by Crippen LogP contribution is 2.36. The molecule has 0 aliphatic carbocycles. The molecule has 150 valence electrons. The van der Waals surface area contributed by atoms with Crippen molar-refractivity contribution in [1.29, 1.82) is 0 Å². The summed E-state index contributed by atoms with van der Waals surface area (Å²) in [5.41, 5.74) is 2.13. The van der Waals surface area contributed by atoms with Crippen molar-refractivity contribution in [3.8, 4) is 22.6 Å². The maximum atomic E-state index is 14.5. The third kappa shape index (κ3) is 5.00. The van der Waals surface area contributed by atoms with Crippen molar-refractivity contribution in [3.63, 3.8) is 0 Å². The van der Waals surface area contributed by atoms with Crippen molar-refractivity contribution >= 4 is 29.1 Å². The molecular weight excluding hydrogens is 416 g/mol. The van der Waals surface area contributed by atoms with Gasteiger partial charge < -0.3 is 15.2 Å². The Labute approximate surface area is 177 Å². The zero-order valence-electron chi connectivity index (χ0n) is 15.5. The predicted octanol–water partition coefficient (Wildman–Crippen LogP) is 5.22. The number of likely N-dealkylation sites (N-methyl/N-ethyl adjacent to an activating group) is 1. The molecule has 0 heterocycles. The summed E-state index contributed by atoms with van der Waals surface area (Å²) in [4.78, 5) is 11.3. The van der Waals surface area contributed by atoms with Gasteiger partial charge in [-0.3, -0.25) is 4.79 Å². The van der Waals surface area contributed by atoms with Crippen molar-refractivity contribution in [2.75, 3.05) is 13.7 Å². The Hall–Kier alpha value is -2.76. The molecule has 0 unspecified atom stereocenters. The minimum Gasteiger partial charge on any atom is -0.507 e. The SMILES string of the molecule is CNC(=O)COc1cc(Cl)c(Cc2cc(-c3ccccc3)c(O)cc2F)c(Cl)c1.